The van der Waals surface area contributed by atoms with E-state index in [0.717, 1.165) is 6.42 Å². The van der Waals surface area contributed by atoms with Gasteiger partial charge in [-0.2, -0.15) is 0 Å². The maximum absolute atomic E-state index is 5.20. The summed E-state index contributed by atoms with van der Waals surface area (Å²) in [4.78, 5) is 0. The topological polar surface area (TPSA) is 0 Å². The van der Waals surface area contributed by atoms with Gasteiger partial charge in [-0.15, -0.1) is 0 Å². The van der Waals surface area contributed by atoms with Crippen LogP contribution in [0.3, 0.4) is 0 Å². The Bertz CT molecular complexity index is 138. The Labute approximate surface area is 64.0 Å². The summed E-state index contributed by atoms with van der Waals surface area (Å²) in [6, 6.07) is 0. The molecule has 0 nitrogen and oxygen atoms in total. The molecule has 0 heterocycles. The Morgan fingerprint density at radius 2 is 2.20 bits per heavy atom. The molecule has 55 valence electrons. The van der Waals surface area contributed by atoms with E-state index >= 15 is 0 Å². The molecule has 0 atom stereocenters. The van der Waals surface area contributed by atoms with E-state index in [0.29, 0.717) is 0 Å². The summed E-state index contributed by atoms with van der Waals surface area (Å²) in [5.41, 5.74) is 1.20. The Kier molecular flexibility index (Phi) is 5.85. The summed E-state index contributed by atoms with van der Waals surface area (Å²) in [5, 5.41) is 0. The minimum absolute atomic E-state index is 1.15. The maximum Gasteiger partial charge on any atom is -0.0350 e. The summed E-state index contributed by atoms with van der Waals surface area (Å²) in [5.74, 6) is 0. The SMILES string of the molecule is [CH]=CC=C(C)C=CCCC. The van der Waals surface area contributed by atoms with Crippen molar-refractivity contribution in [2.75, 3.05) is 0 Å². The summed E-state index contributed by atoms with van der Waals surface area (Å²) in [6.45, 7) is 9.40. The summed E-state index contributed by atoms with van der Waals surface area (Å²) in [7, 11) is 0. The molecule has 0 aromatic heterocycles. The van der Waals surface area contributed by atoms with Crippen LogP contribution >= 0.6 is 0 Å². The van der Waals surface area contributed by atoms with Gasteiger partial charge in [-0.1, -0.05) is 49.8 Å². The maximum atomic E-state index is 5.20. The highest BCUT2D eigenvalue weighted by molar-refractivity contribution is 5.19. The highest BCUT2D eigenvalue weighted by atomic mass is 13.8. The first-order valence-corrected chi connectivity index (χ1v) is 3.69. The normalized spacial score (nSPS) is 12.4. The standard InChI is InChI=1S/C10H15/c1-4-6-7-9-10(3)8-5-2/h2,5,7-9H,4,6H2,1,3H3. The molecule has 1 radical (unpaired) electrons. The predicted molar refractivity (Wildman–Crippen MR) is 46.7 cm³/mol. The molecule has 0 aromatic rings. The van der Waals surface area contributed by atoms with Crippen molar-refractivity contribution in [2.45, 2.75) is 26.7 Å². The number of hydrogen-bond donors (Lipinski definition) is 0. The van der Waals surface area contributed by atoms with Gasteiger partial charge in [0.2, 0.25) is 0 Å². The van der Waals surface area contributed by atoms with Gasteiger partial charge in [-0.05, 0) is 13.3 Å². The number of unbranched alkanes of at least 4 members (excludes halogenated alkanes) is 1. The van der Waals surface area contributed by atoms with Crippen LogP contribution in [0.4, 0.5) is 0 Å². The Balaban J connectivity index is 3.65. The zero-order chi connectivity index (χ0) is 7.82. The lowest BCUT2D eigenvalue weighted by atomic mass is 10.2. The lowest BCUT2D eigenvalue weighted by molar-refractivity contribution is 0.957. The quantitative estimate of drug-likeness (QED) is 0.519. The summed E-state index contributed by atoms with van der Waals surface area (Å²) in [6.07, 6.45) is 10.1. The van der Waals surface area contributed by atoms with Gasteiger partial charge in [-0.3, -0.25) is 0 Å². The van der Waals surface area contributed by atoms with Gasteiger partial charge in [0, 0.05) is 0 Å². The van der Waals surface area contributed by atoms with E-state index < -0.39 is 0 Å². The van der Waals surface area contributed by atoms with Crippen LogP contribution in [0.5, 0.6) is 0 Å². The van der Waals surface area contributed by atoms with Crippen molar-refractivity contribution in [3.8, 4) is 0 Å². The van der Waals surface area contributed by atoms with E-state index in [4.69, 9.17) is 6.58 Å². The van der Waals surface area contributed by atoms with Crippen LogP contribution in [0.15, 0.2) is 29.9 Å². The van der Waals surface area contributed by atoms with E-state index in [1.54, 1.807) is 6.08 Å². The van der Waals surface area contributed by atoms with Gasteiger partial charge in [-0.25, -0.2) is 0 Å². The largest absolute Gasteiger partial charge is 0.0843 e. The van der Waals surface area contributed by atoms with Gasteiger partial charge in [0.05, 0.1) is 0 Å². The smallest absolute Gasteiger partial charge is 0.0350 e. The van der Waals surface area contributed by atoms with Crippen molar-refractivity contribution >= 4 is 0 Å². The van der Waals surface area contributed by atoms with Gasteiger partial charge in [0.25, 0.3) is 0 Å². The van der Waals surface area contributed by atoms with Crippen molar-refractivity contribution in [2.24, 2.45) is 0 Å². The van der Waals surface area contributed by atoms with Crippen LogP contribution < -0.4 is 0 Å². The van der Waals surface area contributed by atoms with Gasteiger partial charge in [0.15, 0.2) is 0 Å². The molecular weight excluding hydrogens is 120 g/mol. The van der Waals surface area contributed by atoms with Gasteiger partial charge < -0.3 is 0 Å². The molecule has 0 aliphatic heterocycles. The fraction of sp³-hybridized carbons (Fsp3) is 0.400. The molecule has 0 aliphatic carbocycles. The molecular formula is C10H15. The van der Waals surface area contributed by atoms with E-state index in [1.807, 2.05) is 13.0 Å². The molecule has 0 fully saturated rings. The molecule has 0 bridgehead atoms. The second kappa shape index (κ2) is 6.34. The second-order valence-corrected chi connectivity index (χ2v) is 2.29. The fourth-order valence-corrected chi connectivity index (χ4v) is 0.643. The number of rotatable bonds is 4. The average molecular weight is 135 g/mol. The van der Waals surface area contributed by atoms with Crippen LogP contribution in [0.1, 0.15) is 26.7 Å². The molecule has 0 saturated heterocycles. The molecule has 0 spiro atoms. The van der Waals surface area contributed by atoms with Crippen LogP contribution in [-0.4, -0.2) is 0 Å². The lowest BCUT2D eigenvalue weighted by Gasteiger charge is -1.87. The van der Waals surface area contributed by atoms with Crippen LogP contribution in [0.2, 0.25) is 0 Å². The van der Waals surface area contributed by atoms with Crippen LogP contribution in [0, 0.1) is 6.58 Å². The zero-order valence-corrected chi connectivity index (χ0v) is 6.80. The molecule has 0 aliphatic rings. The van der Waals surface area contributed by atoms with Gasteiger partial charge in [0.1, 0.15) is 0 Å². The van der Waals surface area contributed by atoms with E-state index in [9.17, 15) is 0 Å². The Hall–Kier alpha value is -0.780. The van der Waals surface area contributed by atoms with Crippen molar-refractivity contribution in [3.63, 3.8) is 0 Å². The minimum Gasteiger partial charge on any atom is -0.0843 e. The number of allylic oxidation sites excluding steroid dienone is 5. The molecule has 10 heavy (non-hydrogen) atoms. The third kappa shape index (κ3) is 5.36. The predicted octanol–water partition coefficient (Wildman–Crippen LogP) is 3.28. The summed E-state index contributed by atoms with van der Waals surface area (Å²) >= 11 is 0. The Morgan fingerprint density at radius 1 is 1.50 bits per heavy atom. The van der Waals surface area contributed by atoms with E-state index in [-0.39, 0.29) is 0 Å². The number of hydrogen-bond acceptors (Lipinski definition) is 0. The fourth-order valence-electron chi connectivity index (χ4n) is 0.643. The van der Waals surface area contributed by atoms with Crippen molar-refractivity contribution in [1.29, 1.82) is 0 Å². The molecule has 0 amide bonds. The molecule has 0 rings (SSSR count). The zero-order valence-electron chi connectivity index (χ0n) is 6.80. The van der Waals surface area contributed by atoms with E-state index in [1.165, 1.54) is 12.0 Å². The van der Waals surface area contributed by atoms with Gasteiger partial charge >= 0.3 is 0 Å². The first kappa shape index (κ1) is 9.22. The first-order chi connectivity index (χ1) is 4.81. The monoisotopic (exact) mass is 135 g/mol. The van der Waals surface area contributed by atoms with Crippen molar-refractivity contribution in [1.82, 2.24) is 0 Å². The molecule has 0 N–H and O–H groups in total. The average Bonchev–Trinajstić information content (AvgIpc) is 1.89. The van der Waals surface area contributed by atoms with Crippen LogP contribution in [0.25, 0.3) is 0 Å². The van der Waals surface area contributed by atoms with Crippen molar-refractivity contribution < 1.29 is 0 Å². The highest BCUT2D eigenvalue weighted by Crippen LogP contribution is 1.97. The first-order valence-electron chi connectivity index (χ1n) is 3.69. The molecule has 0 aromatic carbocycles. The van der Waals surface area contributed by atoms with Crippen LogP contribution in [-0.2, 0) is 0 Å². The molecule has 0 saturated carbocycles. The summed E-state index contributed by atoms with van der Waals surface area (Å²) < 4.78 is 0. The molecule has 0 unspecified atom stereocenters. The lowest BCUT2D eigenvalue weighted by Crippen LogP contribution is -1.66. The Morgan fingerprint density at radius 3 is 2.70 bits per heavy atom. The highest BCUT2D eigenvalue weighted by Gasteiger charge is 1.76. The second-order valence-electron chi connectivity index (χ2n) is 2.29. The van der Waals surface area contributed by atoms with E-state index in [2.05, 4.69) is 19.1 Å². The van der Waals surface area contributed by atoms with Crippen molar-refractivity contribution in [3.05, 3.63) is 36.5 Å². The minimum atomic E-state index is 1.15. The molecule has 0 heteroatoms. The third-order valence-corrected chi connectivity index (χ3v) is 1.20. The third-order valence-electron chi connectivity index (χ3n) is 1.20.